The van der Waals surface area contributed by atoms with Crippen LogP contribution in [0.2, 0.25) is 0 Å². The smallest absolute Gasteiger partial charge is 0.223 e. The molecule has 1 saturated carbocycles. The molecule has 1 aliphatic rings. The fraction of sp³-hybridized carbons (Fsp3) is 0.435. The number of benzene rings is 2. The Labute approximate surface area is 172 Å². The van der Waals surface area contributed by atoms with Crippen molar-refractivity contribution in [1.82, 2.24) is 10.6 Å². The summed E-state index contributed by atoms with van der Waals surface area (Å²) < 4.78 is 5.52. The summed E-state index contributed by atoms with van der Waals surface area (Å²) in [6, 6.07) is 15.2. The number of carbonyl (C=O) groups excluding carboxylic acids is 1. The molecule has 28 heavy (non-hydrogen) atoms. The highest BCUT2D eigenvalue weighted by Gasteiger charge is 2.25. The molecule has 0 aromatic heterocycles. The molecule has 0 aliphatic heterocycles. The molecule has 2 aromatic rings. The average molecular weight is 399 g/mol. The van der Waals surface area contributed by atoms with E-state index in [4.69, 9.17) is 4.74 Å². The second-order valence-electron chi connectivity index (χ2n) is 7.31. The minimum Gasteiger partial charge on any atom is -0.496 e. The number of hydrogen-bond donors (Lipinski definition) is 2. The molecule has 2 N–H and O–H groups in total. The first-order valence-electron chi connectivity index (χ1n) is 9.91. The summed E-state index contributed by atoms with van der Waals surface area (Å²) in [7, 11) is 3.67. The van der Waals surface area contributed by atoms with Crippen LogP contribution in [0.3, 0.4) is 0 Å². The molecule has 3 rings (SSSR count). The third kappa shape index (κ3) is 5.09. The number of thioether (sulfide) groups is 1. The zero-order valence-electron chi connectivity index (χ0n) is 17.0. The van der Waals surface area contributed by atoms with Crippen LogP contribution in [-0.2, 0) is 11.3 Å². The van der Waals surface area contributed by atoms with Crippen molar-refractivity contribution in [1.29, 1.82) is 0 Å². The number of ether oxygens (including phenoxy) is 1. The number of methoxy groups -OCH3 is 1. The molecule has 0 bridgehead atoms. The van der Waals surface area contributed by atoms with Crippen LogP contribution in [0.15, 0.2) is 47.4 Å². The first-order chi connectivity index (χ1) is 13.6. The lowest BCUT2D eigenvalue weighted by Crippen LogP contribution is -2.37. The molecule has 0 atom stereocenters. The summed E-state index contributed by atoms with van der Waals surface area (Å²) in [5, 5.41) is 6.45. The van der Waals surface area contributed by atoms with Gasteiger partial charge in [-0.1, -0.05) is 18.2 Å². The maximum atomic E-state index is 12.6. The van der Waals surface area contributed by atoms with Gasteiger partial charge in [-0.25, -0.2) is 0 Å². The number of hydrogen-bond acceptors (Lipinski definition) is 4. The van der Waals surface area contributed by atoms with Crippen LogP contribution in [0.4, 0.5) is 0 Å². The fourth-order valence-electron chi connectivity index (χ4n) is 3.87. The third-order valence-corrected chi connectivity index (χ3v) is 6.37. The van der Waals surface area contributed by atoms with E-state index in [-0.39, 0.29) is 11.8 Å². The van der Waals surface area contributed by atoms with Crippen molar-refractivity contribution in [2.24, 2.45) is 5.92 Å². The highest BCUT2D eigenvalue weighted by molar-refractivity contribution is 7.98. The van der Waals surface area contributed by atoms with Gasteiger partial charge in [0.1, 0.15) is 5.75 Å². The Kier molecular flexibility index (Phi) is 7.40. The normalized spacial score (nSPS) is 19.2. The summed E-state index contributed by atoms with van der Waals surface area (Å²) in [4.78, 5) is 13.9. The van der Waals surface area contributed by atoms with Crippen LogP contribution in [0.1, 0.15) is 31.2 Å². The Hall–Kier alpha value is -1.98. The second-order valence-corrected chi connectivity index (χ2v) is 8.19. The van der Waals surface area contributed by atoms with E-state index in [0.717, 1.165) is 42.6 Å². The highest BCUT2D eigenvalue weighted by atomic mass is 32.2. The van der Waals surface area contributed by atoms with Crippen LogP contribution in [0.25, 0.3) is 11.1 Å². The van der Waals surface area contributed by atoms with Crippen molar-refractivity contribution in [3.63, 3.8) is 0 Å². The predicted octanol–water partition coefficient (Wildman–Crippen LogP) is 4.48. The minimum absolute atomic E-state index is 0.122. The van der Waals surface area contributed by atoms with Gasteiger partial charge in [0.05, 0.1) is 7.11 Å². The van der Waals surface area contributed by atoms with Gasteiger partial charge >= 0.3 is 0 Å². The molecule has 0 saturated heterocycles. The van der Waals surface area contributed by atoms with Crippen LogP contribution >= 0.6 is 11.8 Å². The van der Waals surface area contributed by atoms with E-state index in [1.165, 1.54) is 10.5 Å². The number of amides is 1. The zero-order chi connectivity index (χ0) is 19.9. The van der Waals surface area contributed by atoms with Gasteiger partial charge in [-0.3, -0.25) is 4.79 Å². The Morgan fingerprint density at radius 1 is 1.11 bits per heavy atom. The number of carbonyl (C=O) groups is 1. The zero-order valence-corrected chi connectivity index (χ0v) is 17.8. The third-order valence-electron chi connectivity index (χ3n) is 5.64. The monoisotopic (exact) mass is 398 g/mol. The summed E-state index contributed by atoms with van der Waals surface area (Å²) in [5.74, 6) is 1.09. The molecule has 150 valence electrons. The molecule has 1 aliphatic carbocycles. The molecular formula is C23H30N2O2S. The van der Waals surface area contributed by atoms with Crippen molar-refractivity contribution >= 4 is 17.7 Å². The van der Waals surface area contributed by atoms with Gasteiger partial charge in [-0.2, -0.15) is 0 Å². The van der Waals surface area contributed by atoms with E-state index in [0.29, 0.717) is 12.6 Å². The SMILES string of the molecule is CNC1CCC(C(=O)NCc2cc(-c3cccc(SC)c3)ccc2OC)CC1. The topological polar surface area (TPSA) is 50.4 Å². The van der Waals surface area contributed by atoms with Crippen molar-refractivity contribution in [2.45, 2.75) is 43.2 Å². The maximum absolute atomic E-state index is 12.6. The first-order valence-corrected chi connectivity index (χ1v) is 11.1. The van der Waals surface area contributed by atoms with E-state index >= 15 is 0 Å². The van der Waals surface area contributed by atoms with Crippen LogP contribution in [0.5, 0.6) is 5.75 Å². The molecule has 0 radical (unpaired) electrons. The highest BCUT2D eigenvalue weighted by Crippen LogP contribution is 2.29. The average Bonchev–Trinajstić information content (AvgIpc) is 2.77. The molecule has 0 heterocycles. The first kappa shape index (κ1) is 20.7. The summed E-state index contributed by atoms with van der Waals surface area (Å²) in [6.45, 7) is 0.490. The van der Waals surface area contributed by atoms with Gasteiger partial charge in [0, 0.05) is 29.0 Å². The number of rotatable bonds is 7. The van der Waals surface area contributed by atoms with Gasteiger partial charge in [0.25, 0.3) is 0 Å². The van der Waals surface area contributed by atoms with Gasteiger partial charge < -0.3 is 15.4 Å². The van der Waals surface area contributed by atoms with Crippen molar-refractivity contribution in [2.75, 3.05) is 20.4 Å². The molecule has 4 nitrogen and oxygen atoms in total. The Morgan fingerprint density at radius 2 is 1.86 bits per heavy atom. The lowest BCUT2D eigenvalue weighted by molar-refractivity contribution is -0.126. The second kappa shape index (κ2) is 9.99. The summed E-state index contributed by atoms with van der Waals surface area (Å²) >= 11 is 1.73. The Morgan fingerprint density at radius 3 is 2.54 bits per heavy atom. The molecule has 0 unspecified atom stereocenters. The van der Waals surface area contributed by atoms with Gasteiger partial charge in [-0.05, 0) is 74.4 Å². The lowest BCUT2D eigenvalue weighted by Gasteiger charge is -2.27. The van der Waals surface area contributed by atoms with E-state index in [2.05, 4.69) is 53.3 Å². The van der Waals surface area contributed by atoms with E-state index in [1.54, 1.807) is 18.9 Å². The molecule has 0 spiro atoms. The maximum Gasteiger partial charge on any atom is 0.223 e. The van der Waals surface area contributed by atoms with Gasteiger partial charge in [0.2, 0.25) is 5.91 Å². The van der Waals surface area contributed by atoms with Crippen molar-refractivity contribution in [3.8, 4) is 16.9 Å². The van der Waals surface area contributed by atoms with Crippen molar-refractivity contribution in [3.05, 3.63) is 48.0 Å². The lowest BCUT2D eigenvalue weighted by atomic mass is 9.85. The summed E-state index contributed by atoms with van der Waals surface area (Å²) in [6.07, 6.45) is 6.13. The molecule has 2 aromatic carbocycles. The number of nitrogens with one attached hydrogen (secondary N) is 2. The largest absolute Gasteiger partial charge is 0.496 e. The predicted molar refractivity (Wildman–Crippen MR) is 117 cm³/mol. The van der Waals surface area contributed by atoms with Crippen LogP contribution in [0, 0.1) is 5.92 Å². The molecule has 5 heteroatoms. The standard InChI is InChI=1S/C23H30N2O2S/c1-24-20-10-7-16(8-11-20)23(26)25-15-19-13-18(9-12-22(19)27-2)17-5-4-6-21(14-17)28-3/h4-6,9,12-14,16,20,24H,7-8,10-11,15H2,1-3H3,(H,25,26). The fourth-order valence-corrected chi connectivity index (χ4v) is 4.33. The van der Waals surface area contributed by atoms with Crippen LogP contribution in [-0.4, -0.2) is 32.4 Å². The van der Waals surface area contributed by atoms with Gasteiger partial charge in [0.15, 0.2) is 0 Å². The summed E-state index contributed by atoms with van der Waals surface area (Å²) in [5.41, 5.74) is 3.31. The molecule has 1 fully saturated rings. The van der Waals surface area contributed by atoms with Crippen molar-refractivity contribution < 1.29 is 9.53 Å². The quantitative estimate of drug-likeness (QED) is 0.675. The Balaban J connectivity index is 1.69. The Bertz CT molecular complexity index is 801. The van der Waals surface area contributed by atoms with Crippen LogP contribution < -0.4 is 15.4 Å². The minimum atomic E-state index is 0.122. The van der Waals surface area contributed by atoms with E-state index in [9.17, 15) is 4.79 Å². The molecule has 1 amide bonds. The van der Waals surface area contributed by atoms with E-state index in [1.807, 2.05) is 13.1 Å². The van der Waals surface area contributed by atoms with Gasteiger partial charge in [-0.15, -0.1) is 11.8 Å². The molecular weight excluding hydrogens is 368 g/mol. The van der Waals surface area contributed by atoms with E-state index < -0.39 is 0 Å².